The molecule has 0 spiro atoms. The lowest BCUT2D eigenvalue weighted by atomic mass is 10.1. The number of aromatic nitrogens is 3. The van der Waals surface area contributed by atoms with E-state index in [0.717, 1.165) is 0 Å². The van der Waals surface area contributed by atoms with Crippen LogP contribution in [0.3, 0.4) is 0 Å². The van der Waals surface area contributed by atoms with Crippen molar-refractivity contribution in [2.24, 2.45) is 5.92 Å². The van der Waals surface area contributed by atoms with Crippen LogP contribution in [0.1, 0.15) is 13.3 Å². The maximum absolute atomic E-state index is 10.6. The third-order valence-electron chi connectivity index (χ3n) is 1.72. The second-order valence-corrected chi connectivity index (χ2v) is 2.56. The Morgan fingerprint density at radius 3 is 2.92 bits per heavy atom. The molecule has 0 bridgehead atoms. The highest BCUT2D eigenvalue weighted by Gasteiger charge is 2.15. The summed E-state index contributed by atoms with van der Waals surface area (Å²) in [6.45, 7) is 2.24. The summed E-state index contributed by atoms with van der Waals surface area (Å²) < 4.78 is 1.53. The zero-order chi connectivity index (χ0) is 8.97. The van der Waals surface area contributed by atoms with Crippen LogP contribution in [0.15, 0.2) is 12.7 Å². The monoisotopic (exact) mass is 169 g/mol. The van der Waals surface area contributed by atoms with Gasteiger partial charge in [-0.25, -0.2) is 4.98 Å². The van der Waals surface area contributed by atoms with Gasteiger partial charge in [0.15, 0.2) is 0 Å². The van der Waals surface area contributed by atoms with Crippen molar-refractivity contribution in [2.45, 2.75) is 19.9 Å². The summed E-state index contributed by atoms with van der Waals surface area (Å²) in [6.07, 6.45) is 3.52. The fourth-order valence-corrected chi connectivity index (χ4v) is 0.935. The minimum Gasteiger partial charge on any atom is -0.481 e. The number of carbonyl (C=O) groups is 1. The average Bonchev–Trinajstić information content (AvgIpc) is 2.51. The lowest BCUT2D eigenvalue weighted by Crippen LogP contribution is -2.19. The second-order valence-electron chi connectivity index (χ2n) is 2.56. The van der Waals surface area contributed by atoms with Crippen LogP contribution in [-0.4, -0.2) is 25.8 Å². The molecule has 0 aliphatic carbocycles. The normalized spacial score (nSPS) is 12.8. The van der Waals surface area contributed by atoms with E-state index >= 15 is 0 Å². The number of hydrogen-bond donors (Lipinski definition) is 1. The van der Waals surface area contributed by atoms with Crippen molar-refractivity contribution >= 4 is 5.97 Å². The van der Waals surface area contributed by atoms with Crippen molar-refractivity contribution in [3.63, 3.8) is 0 Å². The molecule has 1 N–H and O–H groups in total. The Morgan fingerprint density at radius 2 is 2.50 bits per heavy atom. The number of hydrogen-bond acceptors (Lipinski definition) is 3. The molecule has 0 aliphatic rings. The molecule has 1 aromatic rings. The van der Waals surface area contributed by atoms with Crippen LogP contribution in [0.25, 0.3) is 0 Å². The average molecular weight is 169 g/mol. The van der Waals surface area contributed by atoms with Gasteiger partial charge in [0.1, 0.15) is 12.7 Å². The van der Waals surface area contributed by atoms with Gasteiger partial charge < -0.3 is 5.11 Å². The lowest BCUT2D eigenvalue weighted by molar-refractivity contribution is -0.142. The summed E-state index contributed by atoms with van der Waals surface area (Å²) in [7, 11) is 0. The standard InChI is InChI=1S/C7H11N3O2/c1-2-6(7(11)12)3-10-5-8-4-9-10/h4-6H,2-3H2,1H3,(H,11,12). The van der Waals surface area contributed by atoms with Crippen molar-refractivity contribution in [3.8, 4) is 0 Å². The van der Waals surface area contributed by atoms with E-state index in [1.807, 2.05) is 6.92 Å². The molecule has 0 saturated carbocycles. The van der Waals surface area contributed by atoms with E-state index in [1.165, 1.54) is 17.3 Å². The number of aliphatic carboxylic acids is 1. The highest BCUT2D eigenvalue weighted by Crippen LogP contribution is 2.04. The Hall–Kier alpha value is -1.39. The van der Waals surface area contributed by atoms with Gasteiger partial charge in [-0.3, -0.25) is 9.48 Å². The molecular weight excluding hydrogens is 158 g/mol. The molecule has 0 fully saturated rings. The Kier molecular flexibility index (Phi) is 2.79. The highest BCUT2D eigenvalue weighted by atomic mass is 16.4. The minimum atomic E-state index is -0.784. The van der Waals surface area contributed by atoms with Gasteiger partial charge in [0.25, 0.3) is 0 Å². The van der Waals surface area contributed by atoms with E-state index in [-0.39, 0.29) is 5.92 Å². The van der Waals surface area contributed by atoms with Crippen molar-refractivity contribution in [3.05, 3.63) is 12.7 Å². The van der Waals surface area contributed by atoms with E-state index in [9.17, 15) is 4.79 Å². The zero-order valence-corrected chi connectivity index (χ0v) is 6.84. The predicted octanol–water partition coefficient (Wildman–Crippen LogP) is 0.389. The van der Waals surface area contributed by atoms with Crippen LogP contribution in [-0.2, 0) is 11.3 Å². The van der Waals surface area contributed by atoms with Crippen molar-refractivity contribution < 1.29 is 9.90 Å². The van der Waals surface area contributed by atoms with Crippen LogP contribution < -0.4 is 0 Å². The topological polar surface area (TPSA) is 68.0 Å². The van der Waals surface area contributed by atoms with Crippen LogP contribution in [0.2, 0.25) is 0 Å². The predicted molar refractivity (Wildman–Crippen MR) is 41.4 cm³/mol. The molecule has 0 aromatic carbocycles. The van der Waals surface area contributed by atoms with Crippen LogP contribution >= 0.6 is 0 Å². The molecule has 1 aromatic heterocycles. The van der Waals surface area contributed by atoms with E-state index in [0.29, 0.717) is 13.0 Å². The molecule has 0 saturated heterocycles. The van der Waals surface area contributed by atoms with Gasteiger partial charge in [-0.2, -0.15) is 5.10 Å². The van der Waals surface area contributed by atoms with Crippen LogP contribution in [0.5, 0.6) is 0 Å². The lowest BCUT2D eigenvalue weighted by Gasteiger charge is -2.07. The second kappa shape index (κ2) is 3.85. The van der Waals surface area contributed by atoms with Gasteiger partial charge >= 0.3 is 5.97 Å². The summed E-state index contributed by atoms with van der Waals surface area (Å²) in [4.78, 5) is 14.3. The zero-order valence-electron chi connectivity index (χ0n) is 6.84. The first-order chi connectivity index (χ1) is 5.74. The molecule has 5 nitrogen and oxygen atoms in total. The molecule has 0 aliphatic heterocycles. The number of nitrogens with zero attached hydrogens (tertiary/aromatic N) is 3. The first-order valence-corrected chi connectivity index (χ1v) is 3.79. The van der Waals surface area contributed by atoms with Gasteiger partial charge in [0.2, 0.25) is 0 Å². The van der Waals surface area contributed by atoms with E-state index in [2.05, 4.69) is 10.1 Å². The van der Waals surface area contributed by atoms with Crippen LogP contribution in [0.4, 0.5) is 0 Å². The molecule has 0 amide bonds. The van der Waals surface area contributed by atoms with Crippen LogP contribution in [0, 0.1) is 5.92 Å². The summed E-state index contributed by atoms with van der Waals surface area (Å²) in [6, 6.07) is 0. The molecular formula is C7H11N3O2. The fraction of sp³-hybridized carbons (Fsp3) is 0.571. The summed E-state index contributed by atoms with van der Waals surface area (Å²) in [5.41, 5.74) is 0. The summed E-state index contributed by atoms with van der Waals surface area (Å²) in [5, 5.41) is 12.5. The number of carboxylic acids is 1. The molecule has 1 heterocycles. The van der Waals surface area contributed by atoms with Crippen molar-refractivity contribution in [2.75, 3.05) is 0 Å². The maximum atomic E-state index is 10.6. The van der Waals surface area contributed by atoms with Gasteiger partial charge in [-0.15, -0.1) is 0 Å². The molecule has 1 rings (SSSR count). The third-order valence-corrected chi connectivity index (χ3v) is 1.72. The van der Waals surface area contributed by atoms with Gasteiger partial charge in [-0.05, 0) is 6.42 Å². The van der Waals surface area contributed by atoms with Crippen molar-refractivity contribution in [1.82, 2.24) is 14.8 Å². The molecule has 12 heavy (non-hydrogen) atoms. The van der Waals surface area contributed by atoms with E-state index < -0.39 is 5.97 Å². The summed E-state index contributed by atoms with van der Waals surface area (Å²) >= 11 is 0. The highest BCUT2D eigenvalue weighted by molar-refractivity contribution is 5.69. The Bertz CT molecular complexity index is 245. The molecule has 0 radical (unpaired) electrons. The Labute approximate surface area is 70.0 Å². The Morgan fingerprint density at radius 1 is 1.75 bits per heavy atom. The quantitative estimate of drug-likeness (QED) is 0.707. The van der Waals surface area contributed by atoms with Crippen molar-refractivity contribution in [1.29, 1.82) is 0 Å². The smallest absolute Gasteiger partial charge is 0.308 e. The molecule has 66 valence electrons. The number of carboxylic acid groups (broad SMARTS) is 1. The molecule has 5 heteroatoms. The van der Waals surface area contributed by atoms with Gasteiger partial charge in [-0.1, -0.05) is 6.92 Å². The van der Waals surface area contributed by atoms with Gasteiger partial charge in [0.05, 0.1) is 12.5 Å². The van der Waals surface area contributed by atoms with E-state index in [1.54, 1.807) is 0 Å². The minimum absolute atomic E-state index is 0.369. The molecule has 1 atom stereocenters. The first kappa shape index (κ1) is 8.70. The first-order valence-electron chi connectivity index (χ1n) is 3.79. The maximum Gasteiger partial charge on any atom is 0.308 e. The van der Waals surface area contributed by atoms with Gasteiger partial charge in [0, 0.05) is 0 Å². The Balaban J connectivity index is 2.54. The number of rotatable bonds is 4. The van der Waals surface area contributed by atoms with E-state index in [4.69, 9.17) is 5.11 Å². The SMILES string of the molecule is CCC(Cn1cncn1)C(=O)O. The fourth-order valence-electron chi connectivity index (χ4n) is 0.935. The molecule has 1 unspecified atom stereocenters. The summed E-state index contributed by atoms with van der Waals surface area (Å²) in [5.74, 6) is -1.15. The third kappa shape index (κ3) is 2.05. The largest absolute Gasteiger partial charge is 0.481 e.